The van der Waals surface area contributed by atoms with E-state index >= 15 is 0 Å². The van der Waals surface area contributed by atoms with Crippen molar-refractivity contribution in [2.24, 2.45) is 0 Å². The summed E-state index contributed by atoms with van der Waals surface area (Å²) in [6.45, 7) is 0. The van der Waals surface area contributed by atoms with Crippen molar-refractivity contribution in [2.75, 3.05) is 5.32 Å². The summed E-state index contributed by atoms with van der Waals surface area (Å²) >= 11 is 0. The van der Waals surface area contributed by atoms with Crippen LogP contribution in [-0.2, 0) is 0 Å². The second-order valence-corrected chi connectivity index (χ2v) is 5.76. The standard InChI is InChI=1S/C19H11F3N4O/c20-13-7-12(8-14(21)10-13)18-25-24-17-9-11(5-6-26(17)18)19(27)23-16-4-2-1-3-15(16)22/h1-10H,(H,23,27). The molecule has 27 heavy (non-hydrogen) atoms. The maximum atomic E-state index is 13.7. The van der Waals surface area contributed by atoms with Crippen molar-refractivity contribution in [1.29, 1.82) is 0 Å². The van der Waals surface area contributed by atoms with Gasteiger partial charge in [-0.2, -0.15) is 0 Å². The fourth-order valence-electron chi connectivity index (χ4n) is 2.67. The lowest BCUT2D eigenvalue weighted by atomic mass is 10.2. The molecule has 0 radical (unpaired) electrons. The molecule has 1 N–H and O–H groups in total. The van der Waals surface area contributed by atoms with Crippen LogP contribution in [0.4, 0.5) is 18.9 Å². The van der Waals surface area contributed by atoms with Crippen molar-refractivity contribution in [1.82, 2.24) is 14.6 Å². The minimum Gasteiger partial charge on any atom is -0.319 e. The van der Waals surface area contributed by atoms with Gasteiger partial charge in [0, 0.05) is 23.4 Å². The number of benzene rings is 2. The van der Waals surface area contributed by atoms with E-state index < -0.39 is 23.4 Å². The predicted molar refractivity (Wildman–Crippen MR) is 92.7 cm³/mol. The molecule has 0 atom stereocenters. The van der Waals surface area contributed by atoms with Crippen LogP contribution >= 0.6 is 0 Å². The average molecular weight is 368 g/mol. The molecule has 2 aromatic heterocycles. The number of amides is 1. The van der Waals surface area contributed by atoms with E-state index in [0.717, 1.165) is 18.2 Å². The minimum atomic E-state index is -0.734. The number of anilines is 1. The highest BCUT2D eigenvalue weighted by molar-refractivity contribution is 6.04. The van der Waals surface area contributed by atoms with Crippen LogP contribution in [0.5, 0.6) is 0 Å². The largest absolute Gasteiger partial charge is 0.319 e. The van der Waals surface area contributed by atoms with Gasteiger partial charge in [0.25, 0.3) is 5.91 Å². The molecule has 8 heteroatoms. The number of carbonyl (C=O) groups is 1. The highest BCUT2D eigenvalue weighted by Gasteiger charge is 2.14. The Morgan fingerprint density at radius 2 is 1.67 bits per heavy atom. The number of rotatable bonds is 3. The molecule has 4 rings (SSSR count). The molecule has 2 aromatic carbocycles. The van der Waals surface area contributed by atoms with Crippen molar-refractivity contribution in [3.05, 3.63) is 83.8 Å². The Kier molecular flexibility index (Phi) is 4.08. The molecule has 1 amide bonds. The molecule has 2 heterocycles. The molecule has 0 fully saturated rings. The second-order valence-electron chi connectivity index (χ2n) is 5.76. The van der Waals surface area contributed by atoms with Gasteiger partial charge in [0.15, 0.2) is 11.5 Å². The van der Waals surface area contributed by atoms with Crippen LogP contribution in [0, 0.1) is 17.5 Å². The number of carbonyl (C=O) groups excluding carboxylic acids is 1. The second kappa shape index (κ2) is 6.56. The zero-order chi connectivity index (χ0) is 19.0. The molecule has 4 aromatic rings. The number of pyridine rings is 1. The Hall–Kier alpha value is -3.68. The van der Waals surface area contributed by atoms with Gasteiger partial charge in [-0.3, -0.25) is 9.20 Å². The molecule has 0 saturated heterocycles. The minimum absolute atomic E-state index is 0.0553. The molecule has 0 spiro atoms. The molecule has 0 bridgehead atoms. The van der Waals surface area contributed by atoms with E-state index in [4.69, 9.17) is 0 Å². The highest BCUT2D eigenvalue weighted by atomic mass is 19.1. The fourth-order valence-corrected chi connectivity index (χ4v) is 2.67. The third kappa shape index (κ3) is 3.24. The van der Waals surface area contributed by atoms with E-state index in [1.54, 1.807) is 6.07 Å². The van der Waals surface area contributed by atoms with Gasteiger partial charge in [-0.25, -0.2) is 13.2 Å². The summed E-state index contributed by atoms with van der Waals surface area (Å²) in [4.78, 5) is 12.3. The molecule has 0 saturated carbocycles. The first-order valence-corrected chi connectivity index (χ1v) is 7.88. The molecule has 0 aliphatic heterocycles. The number of nitrogens with zero attached hydrogens (tertiary/aromatic N) is 3. The average Bonchev–Trinajstić information content (AvgIpc) is 3.06. The molecular formula is C19H11F3N4O. The monoisotopic (exact) mass is 368 g/mol. The van der Waals surface area contributed by atoms with E-state index in [1.165, 1.54) is 40.9 Å². The van der Waals surface area contributed by atoms with Crippen molar-refractivity contribution in [2.45, 2.75) is 0 Å². The predicted octanol–water partition coefficient (Wildman–Crippen LogP) is 4.07. The van der Waals surface area contributed by atoms with Gasteiger partial charge >= 0.3 is 0 Å². The molecule has 0 unspecified atom stereocenters. The number of nitrogens with one attached hydrogen (secondary N) is 1. The molecule has 134 valence electrons. The van der Waals surface area contributed by atoms with Crippen LogP contribution in [0.1, 0.15) is 10.4 Å². The van der Waals surface area contributed by atoms with Gasteiger partial charge in [-0.15, -0.1) is 10.2 Å². The zero-order valence-corrected chi connectivity index (χ0v) is 13.7. The van der Waals surface area contributed by atoms with Crippen LogP contribution in [0.25, 0.3) is 17.0 Å². The molecule has 5 nitrogen and oxygen atoms in total. The summed E-state index contributed by atoms with van der Waals surface area (Å²) < 4.78 is 42.1. The van der Waals surface area contributed by atoms with E-state index in [1.807, 2.05) is 0 Å². The van der Waals surface area contributed by atoms with Crippen LogP contribution < -0.4 is 5.32 Å². The molecule has 0 aliphatic rings. The van der Waals surface area contributed by atoms with Crippen molar-refractivity contribution < 1.29 is 18.0 Å². The SMILES string of the molecule is O=C(Nc1ccccc1F)c1ccn2c(-c3cc(F)cc(F)c3)nnc2c1. The van der Waals surface area contributed by atoms with Crippen molar-refractivity contribution >= 4 is 17.2 Å². The smallest absolute Gasteiger partial charge is 0.255 e. The maximum absolute atomic E-state index is 13.7. The zero-order valence-electron chi connectivity index (χ0n) is 13.7. The van der Waals surface area contributed by atoms with Crippen molar-refractivity contribution in [3.63, 3.8) is 0 Å². The highest BCUT2D eigenvalue weighted by Crippen LogP contribution is 2.22. The summed E-state index contributed by atoms with van der Waals surface area (Å²) in [5.41, 5.74) is 0.800. The van der Waals surface area contributed by atoms with Crippen molar-refractivity contribution in [3.8, 4) is 11.4 Å². The van der Waals surface area contributed by atoms with Gasteiger partial charge in [-0.05, 0) is 36.4 Å². The number of halogens is 3. The summed E-state index contributed by atoms with van der Waals surface area (Å²) in [5, 5.41) is 10.3. The topological polar surface area (TPSA) is 59.3 Å². The number of aromatic nitrogens is 3. The Labute approximate surface area is 151 Å². The third-order valence-electron chi connectivity index (χ3n) is 3.91. The van der Waals surface area contributed by atoms with Crippen LogP contribution in [0.2, 0.25) is 0 Å². The summed E-state index contributed by atoms with van der Waals surface area (Å²) in [7, 11) is 0. The molecular weight excluding hydrogens is 357 g/mol. The van der Waals surface area contributed by atoms with E-state index in [0.29, 0.717) is 5.65 Å². The normalized spacial score (nSPS) is 10.9. The molecule has 0 aliphatic carbocycles. The third-order valence-corrected chi connectivity index (χ3v) is 3.91. The van der Waals surface area contributed by atoms with Gasteiger partial charge in [0.2, 0.25) is 0 Å². The number of para-hydroxylation sites is 1. The Balaban J connectivity index is 1.68. The first kappa shape index (κ1) is 16.8. The number of fused-ring (bicyclic) bond motifs is 1. The Bertz CT molecular complexity index is 1150. The first-order valence-electron chi connectivity index (χ1n) is 7.88. The van der Waals surface area contributed by atoms with Gasteiger partial charge in [0.05, 0.1) is 5.69 Å². The quantitative estimate of drug-likeness (QED) is 0.593. The summed E-state index contributed by atoms with van der Waals surface area (Å²) in [6, 6.07) is 11.8. The van der Waals surface area contributed by atoms with Gasteiger partial charge < -0.3 is 5.32 Å². The van der Waals surface area contributed by atoms with E-state index in [9.17, 15) is 18.0 Å². The Morgan fingerprint density at radius 1 is 0.926 bits per heavy atom. The first-order chi connectivity index (χ1) is 13.0. The lowest BCUT2D eigenvalue weighted by Gasteiger charge is -2.07. The number of hydrogen-bond acceptors (Lipinski definition) is 3. The number of hydrogen-bond donors (Lipinski definition) is 1. The summed E-state index contributed by atoms with van der Waals surface area (Å²) in [6.07, 6.45) is 1.50. The maximum Gasteiger partial charge on any atom is 0.255 e. The lowest BCUT2D eigenvalue weighted by Crippen LogP contribution is -2.13. The Morgan fingerprint density at radius 3 is 2.41 bits per heavy atom. The van der Waals surface area contributed by atoms with Gasteiger partial charge in [0.1, 0.15) is 17.5 Å². The van der Waals surface area contributed by atoms with Crippen LogP contribution in [-0.4, -0.2) is 20.5 Å². The lowest BCUT2D eigenvalue weighted by molar-refractivity contribution is 0.102. The fraction of sp³-hybridized carbons (Fsp3) is 0. The van der Waals surface area contributed by atoms with Crippen LogP contribution in [0.15, 0.2) is 60.8 Å². The summed E-state index contributed by atoms with van der Waals surface area (Å²) in [5.74, 6) is -2.32. The van der Waals surface area contributed by atoms with Gasteiger partial charge in [-0.1, -0.05) is 12.1 Å². The van der Waals surface area contributed by atoms with Crippen LogP contribution in [0.3, 0.4) is 0 Å². The van der Waals surface area contributed by atoms with E-state index in [2.05, 4.69) is 15.5 Å². The van der Waals surface area contributed by atoms with E-state index in [-0.39, 0.29) is 22.6 Å².